The third-order valence-corrected chi connectivity index (χ3v) is 5.53. The van der Waals surface area contributed by atoms with Gasteiger partial charge in [0.1, 0.15) is 0 Å². The van der Waals surface area contributed by atoms with Gasteiger partial charge < -0.3 is 9.26 Å². The summed E-state index contributed by atoms with van der Waals surface area (Å²) in [4.78, 5) is 1.70. The normalized spacial score (nSPS) is 13.6. The topological polar surface area (TPSA) is 81.4 Å². The Labute approximate surface area is 121 Å². The van der Waals surface area contributed by atoms with Gasteiger partial charge >= 0.3 is 0 Å². The van der Waals surface area contributed by atoms with Crippen LogP contribution in [0.3, 0.4) is 0 Å². The molecule has 8 heteroatoms. The van der Waals surface area contributed by atoms with Crippen molar-refractivity contribution < 1.29 is 17.7 Å². The van der Waals surface area contributed by atoms with Crippen LogP contribution in [0.25, 0.3) is 10.6 Å². The summed E-state index contributed by atoms with van der Waals surface area (Å²) < 4.78 is 37.2. The van der Waals surface area contributed by atoms with Crippen molar-refractivity contribution in [2.24, 2.45) is 0 Å². The lowest BCUT2D eigenvalue weighted by Gasteiger charge is -2.12. The maximum atomic E-state index is 12.3. The van der Waals surface area contributed by atoms with E-state index in [9.17, 15) is 8.42 Å². The smallest absolute Gasteiger partial charge is 0.242 e. The van der Waals surface area contributed by atoms with Crippen LogP contribution in [-0.4, -0.2) is 33.3 Å². The molecule has 0 saturated heterocycles. The molecule has 2 heterocycles. The molecule has 2 rings (SSSR count). The first-order valence-corrected chi connectivity index (χ1v) is 8.26. The highest BCUT2D eigenvalue weighted by atomic mass is 32.2. The van der Waals surface area contributed by atoms with E-state index in [0.29, 0.717) is 17.2 Å². The van der Waals surface area contributed by atoms with E-state index < -0.39 is 10.0 Å². The zero-order valence-electron chi connectivity index (χ0n) is 11.4. The van der Waals surface area contributed by atoms with Crippen molar-refractivity contribution in [2.45, 2.75) is 24.8 Å². The van der Waals surface area contributed by atoms with Crippen LogP contribution < -0.4 is 4.72 Å². The van der Waals surface area contributed by atoms with Crippen LogP contribution in [0.5, 0.6) is 0 Å². The van der Waals surface area contributed by atoms with Crippen molar-refractivity contribution in [1.29, 1.82) is 0 Å². The highest BCUT2D eigenvalue weighted by Crippen LogP contribution is 2.33. The molecule has 110 valence electrons. The van der Waals surface area contributed by atoms with Gasteiger partial charge in [0, 0.05) is 24.1 Å². The van der Waals surface area contributed by atoms with E-state index in [0.717, 1.165) is 4.88 Å². The monoisotopic (exact) mass is 316 g/mol. The Morgan fingerprint density at radius 3 is 2.90 bits per heavy atom. The van der Waals surface area contributed by atoms with Crippen LogP contribution in [0.15, 0.2) is 27.7 Å². The molecule has 2 aromatic rings. The zero-order valence-corrected chi connectivity index (χ0v) is 13.0. The van der Waals surface area contributed by atoms with Crippen LogP contribution >= 0.6 is 11.3 Å². The Balaban J connectivity index is 2.28. The van der Waals surface area contributed by atoms with Crippen LogP contribution in [0.1, 0.15) is 11.8 Å². The second-order valence-corrected chi connectivity index (χ2v) is 7.32. The number of methoxy groups -OCH3 is 1. The van der Waals surface area contributed by atoms with E-state index >= 15 is 0 Å². The van der Waals surface area contributed by atoms with Gasteiger partial charge in [0.05, 0.1) is 22.6 Å². The average molecular weight is 316 g/mol. The third kappa shape index (κ3) is 3.26. The number of nitrogens with zero attached hydrogens (tertiary/aromatic N) is 1. The van der Waals surface area contributed by atoms with Crippen molar-refractivity contribution in [3.05, 3.63) is 23.2 Å². The molecule has 1 atom stereocenters. The fourth-order valence-corrected chi connectivity index (χ4v) is 4.59. The minimum absolute atomic E-state index is 0.261. The van der Waals surface area contributed by atoms with E-state index in [1.165, 1.54) is 24.6 Å². The van der Waals surface area contributed by atoms with Crippen molar-refractivity contribution in [2.75, 3.05) is 13.7 Å². The SMILES string of the molecule is COC[C@H](C)NS(=O)(=O)c1cc(-c2ccno2)sc1C. The van der Waals surface area contributed by atoms with Gasteiger partial charge in [-0.05, 0) is 19.9 Å². The van der Waals surface area contributed by atoms with Gasteiger partial charge in [-0.3, -0.25) is 0 Å². The van der Waals surface area contributed by atoms with Gasteiger partial charge in [-0.25, -0.2) is 13.1 Å². The molecule has 0 fully saturated rings. The molecular weight excluding hydrogens is 300 g/mol. The molecule has 1 N–H and O–H groups in total. The molecule has 0 spiro atoms. The zero-order chi connectivity index (χ0) is 14.8. The van der Waals surface area contributed by atoms with Crippen molar-refractivity contribution in [1.82, 2.24) is 9.88 Å². The van der Waals surface area contributed by atoms with Gasteiger partial charge in [-0.2, -0.15) is 0 Å². The molecule has 0 unspecified atom stereocenters. The van der Waals surface area contributed by atoms with E-state index in [4.69, 9.17) is 9.26 Å². The molecule has 6 nitrogen and oxygen atoms in total. The lowest BCUT2D eigenvalue weighted by Crippen LogP contribution is -2.35. The predicted molar refractivity (Wildman–Crippen MR) is 76.2 cm³/mol. The number of aryl methyl sites for hydroxylation is 1. The van der Waals surface area contributed by atoms with Crippen molar-refractivity contribution in [3.8, 4) is 10.6 Å². The summed E-state index contributed by atoms with van der Waals surface area (Å²) in [6.45, 7) is 3.83. The largest absolute Gasteiger partial charge is 0.383 e. The Morgan fingerprint density at radius 1 is 1.55 bits per heavy atom. The quantitative estimate of drug-likeness (QED) is 0.882. The first-order chi connectivity index (χ1) is 9.44. The Bertz CT molecular complexity index is 662. The summed E-state index contributed by atoms with van der Waals surface area (Å²) in [7, 11) is -2.03. The molecule has 0 aliphatic heterocycles. The predicted octanol–water partition coefficient (Wildman–Crippen LogP) is 2.02. The summed E-state index contributed by atoms with van der Waals surface area (Å²) in [6.07, 6.45) is 1.53. The van der Waals surface area contributed by atoms with Crippen LogP contribution in [0.4, 0.5) is 0 Å². The summed E-state index contributed by atoms with van der Waals surface area (Å²) in [6, 6.07) is 3.00. The third-order valence-electron chi connectivity index (χ3n) is 2.62. The second-order valence-electron chi connectivity index (χ2n) is 4.39. The number of hydrogen-bond acceptors (Lipinski definition) is 6. The lowest BCUT2D eigenvalue weighted by atomic mass is 10.3. The molecule has 0 aromatic carbocycles. The minimum Gasteiger partial charge on any atom is -0.383 e. The number of sulfonamides is 1. The number of ether oxygens (including phenoxy) is 1. The van der Waals surface area contributed by atoms with E-state index in [1.54, 1.807) is 26.0 Å². The molecule has 0 amide bonds. The molecule has 0 aliphatic carbocycles. The number of nitrogens with one attached hydrogen (secondary N) is 1. The Hall–Kier alpha value is -1.22. The average Bonchev–Trinajstić information content (AvgIpc) is 2.96. The summed E-state index contributed by atoms with van der Waals surface area (Å²) in [5.74, 6) is 0.560. The molecule has 0 aliphatic rings. The first kappa shape index (κ1) is 15.2. The van der Waals surface area contributed by atoms with E-state index in [1.807, 2.05) is 0 Å². The number of aromatic nitrogens is 1. The van der Waals surface area contributed by atoms with Crippen molar-refractivity contribution in [3.63, 3.8) is 0 Å². The molecule has 0 radical (unpaired) electrons. The van der Waals surface area contributed by atoms with E-state index in [2.05, 4.69) is 9.88 Å². The van der Waals surface area contributed by atoms with Gasteiger partial charge in [0.2, 0.25) is 10.0 Å². The highest BCUT2D eigenvalue weighted by molar-refractivity contribution is 7.89. The summed E-state index contributed by atoms with van der Waals surface area (Å²) >= 11 is 1.36. The maximum Gasteiger partial charge on any atom is 0.242 e. The molecule has 20 heavy (non-hydrogen) atoms. The number of hydrogen-bond donors (Lipinski definition) is 1. The summed E-state index contributed by atoms with van der Waals surface area (Å²) in [5.41, 5.74) is 0. The summed E-state index contributed by atoms with van der Waals surface area (Å²) in [5, 5.41) is 3.62. The van der Waals surface area contributed by atoms with Crippen LogP contribution in [0, 0.1) is 6.92 Å². The van der Waals surface area contributed by atoms with Gasteiger partial charge in [-0.1, -0.05) is 5.16 Å². The highest BCUT2D eigenvalue weighted by Gasteiger charge is 2.23. The van der Waals surface area contributed by atoms with Gasteiger partial charge in [-0.15, -0.1) is 11.3 Å². The maximum absolute atomic E-state index is 12.3. The standard InChI is InChI=1S/C12H16N2O4S2/c1-8(7-17-3)14-20(15,16)12-6-11(19-9(12)2)10-4-5-13-18-10/h4-6,8,14H,7H2,1-3H3/t8-/m0/s1. The Kier molecular flexibility index (Phi) is 4.59. The molecule has 2 aromatic heterocycles. The molecule has 0 saturated carbocycles. The Morgan fingerprint density at radius 2 is 2.30 bits per heavy atom. The fraction of sp³-hybridized carbons (Fsp3) is 0.417. The van der Waals surface area contributed by atoms with Gasteiger partial charge in [0.25, 0.3) is 0 Å². The lowest BCUT2D eigenvalue weighted by molar-refractivity contribution is 0.180. The second kappa shape index (κ2) is 6.04. The van der Waals surface area contributed by atoms with Gasteiger partial charge in [0.15, 0.2) is 5.76 Å². The van der Waals surface area contributed by atoms with E-state index in [-0.39, 0.29) is 10.9 Å². The number of thiophene rings is 1. The van der Waals surface area contributed by atoms with Crippen LogP contribution in [-0.2, 0) is 14.8 Å². The first-order valence-electron chi connectivity index (χ1n) is 5.97. The molecular formula is C12H16N2O4S2. The molecule has 0 bridgehead atoms. The number of rotatable bonds is 6. The fourth-order valence-electron chi connectivity index (χ4n) is 1.81. The van der Waals surface area contributed by atoms with Crippen molar-refractivity contribution >= 4 is 21.4 Å². The van der Waals surface area contributed by atoms with Crippen LogP contribution in [0.2, 0.25) is 0 Å². The minimum atomic E-state index is -3.56.